The van der Waals surface area contributed by atoms with Gasteiger partial charge in [0.2, 0.25) is 0 Å². The van der Waals surface area contributed by atoms with Crippen molar-refractivity contribution in [1.82, 2.24) is 5.32 Å². The first kappa shape index (κ1) is 26.6. The van der Waals surface area contributed by atoms with E-state index in [1.165, 1.54) is 42.5 Å². The zero-order chi connectivity index (χ0) is 26.2. The molecule has 0 aromatic heterocycles. The van der Waals surface area contributed by atoms with Crippen LogP contribution in [0.5, 0.6) is 5.75 Å². The molecule has 1 fully saturated rings. The molecule has 1 N–H and O–H groups in total. The van der Waals surface area contributed by atoms with Gasteiger partial charge < -0.3 is 4.18 Å². The Hall–Kier alpha value is -2.51. The predicted molar refractivity (Wildman–Crippen MR) is 144 cm³/mol. The van der Waals surface area contributed by atoms with Crippen molar-refractivity contribution in [3.05, 3.63) is 90.2 Å². The lowest BCUT2D eigenvalue weighted by molar-refractivity contribution is -0.122. The molecule has 0 aliphatic carbocycles. The maximum Gasteiger partial charge on any atom is 0.339 e. The number of rotatable bonds is 5. The Morgan fingerprint density at radius 2 is 1.47 bits per heavy atom. The molecule has 0 bridgehead atoms. The van der Waals surface area contributed by atoms with Crippen LogP contribution in [-0.2, 0) is 19.7 Å². The van der Waals surface area contributed by atoms with Gasteiger partial charge in [-0.05, 0) is 104 Å². The lowest BCUT2D eigenvalue weighted by Crippen LogP contribution is -2.54. The van der Waals surface area contributed by atoms with Gasteiger partial charge in [-0.2, -0.15) is 8.42 Å². The van der Waals surface area contributed by atoms with Gasteiger partial charge >= 0.3 is 16.1 Å². The summed E-state index contributed by atoms with van der Waals surface area (Å²) in [6, 6.07) is 13.9. The van der Waals surface area contributed by atoms with Crippen molar-refractivity contribution in [3.8, 4) is 5.75 Å². The number of hydrogen-bond donors (Lipinski definition) is 1. The van der Waals surface area contributed by atoms with Crippen molar-refractivity contribution in [2.45, 2.75) is 4.90 Å². The first-order valence-electron chi connectivity index (χ1n) is 9.82. The molecule has 0 atom stereocenters. The average molecular weight is 720 g/mol. The molecule has 4 amide bonds. The van der Waals surface area contributed by atoms with Crippen molar-refractivity contribution in [2.75, 3.05) is 4.90 Å². The largest absolute Gasteiger partial charge is 0.377 e. The highest BCUT2D eigenvalue weighted by atomic mass is 79.9. The summed E-state index contributed by atoms with van der Waals surface area (Å²) in [5.41, 5.74) is 0.338. The number of halogens is 4. The van der Waals surface area contributed by atoms with Gasteiger partial charge in [-0.25, -0.2) is 9.69 Å². The number of carbonyl (C=O) groups is 3. The van der Waals surface area contributed by atoms with Crippen molar-refractivity contribution in [2.24, 2.45) is 0 Å². The molecule has 1 aliphatic heterocycles. The second kappa shape index (κ2) is 10.5. The molecule has 36 heavy (non-hydrogen) atoms. The number of anilines is 1. The molecule has 0 unspecified atom stereocenters. The number of imide groups is 2. The Kier molecular flexibility index (Phi) is 7.72. The Bertz CT molecular complexity index is 1520. The van der Waals surface area contributed by atoms with Crippen LogP contribution in [0.4, 0.5) is 10.5 Å². The minimum absolute atomic E-state index is 0.0433. The van der Waals surface area contributed by atoms with Crippen LogP contribution in [0.2, 0.25) is 5.02 Å². The number of amides is 4. The molecule has 13 heteroatoms. The fourth-order valence-corrected chi connectivity index (χ4v) is 6.10. The summed E-state index contributed by atoms with van der Waals surface area (Å²) in [7, 11) is -4.18. The summed E-state index contributed by atoms with van der Waals surface area (Å²) >= 11 is 15.6. The van der Waals surface area contributed by atoms with E-state index in [4.69, 9.17) is 15.8 Å². The van der Waals surface area contributed by atoms with Crippen molar-refractivity contribution in [3.63, 3.8) is 0 Å². The van der Waals surface area contributed by atoms with Crippen molar-refractivity contribution in [1.29, 1.82) is 0 Å². The minimum Gasteiger partial charge on any atom is -0.377 e. The molecule has 3 aromatic carbocycles. The Balaban J connectivity index is 1.66. The zero-order valence-corrected chi connectivity index (χ0v) is 24.0. The Morgan fingerprint density at radius 1 is 0.889 bits per heavy atom. The molecule has 0 spiro atoms. The molecule has 1 saturated heterocycles. The minimum atomic E-state index is -4.18. The summed E-state index contributed by atoms with van der Waals surface area (Å²) in [6.07, 6.45) is 1.28. The number of carbonyl (C=O) groups excluding carboxylic acids is 3. The zero-order valence-electron chi connectivity index (χ0n) is 17.7. The quantitative estimate of drug-likeness (QED) is 0.195. The summed E-state index contributed by atoms with van der Waals surface area (Å²) < 4.78 is 31.8. The van der Waals surface area contributed by atoms with Gasteiger partial charge in [0, 0.05) is 9.50 Å². The molecular formula is C23H12Br3ClN2O6S. The molecular weight excluding hydrogens is 707 g/mol. The highest BCUT2D eigenvalue weighted by molar-refractivity contribution is 9.11. The van der Waals surface area contributed by atoms with E-state index in [1.54, 1.807) is 24.3 Å². The third-order valence-electron chi connectivity index (χ3n) is 4.81. The van der Waals surface area contributed by atoms with E-state index in [-0.39, 0.29) is 30.9 Å². The standard InChI is InChI=1S/C23H12Br3ClN2O6S/c24-13-1-5-15(6-2-13)29-22(31)17(21(30)28-23(29)32)9-12-10-18(25)20(19(26)11-12)35-36(33,34)16-7-3-14(27)4-8-16/h1-11H,(H,28,30,32)/b17-9+. The number of nitrogens with zero attached hydrogens (tertiary/aromatic N) is 1. The Morgan fingerprint density at radius 3 is 2.06 bits per heavy atom. The first-order valence-corrected chi connectivity index (χ1v) is 14.0. The SMILES string of the molecule is O=C1NC(=O)N(c2ccc(Br)cc2)C(=O)/C1=C/c1cc(Br)c(OS(=O)(=O)c2ccc(Cl)cc2)c(Br)c1. The number of nitrogens with one attached hydrogen (secondary N) is 1. The Labute approximate surface area is 235 Å². The van der Waals surface area contributed by atoms with E-state index in [1.807, 2.05) is 0 Å². The maximum absolute atomic E-state index is 13.1. The van der Waals surface area contributed by atoms with Crippen LogP contribution < -0.4 is 14.4 Å². The summed E-state index contributed by atoms with van der Waals surface area (Å²) in [4.78, 5) is 38.6. The van der Waals surface area contributed by atoms with E-state index in [2.05, 4.69) is 53.1 Å². The van der Waals surface area contributed by atoms with Gasteiger partial charge in [0.15, 0.2) is 5.75 Å². The molecule has 4 rings (SSSR count). The normalized spacial score (nSPS) is 15.3. The molecule has 1 aliphatic rings. The van der Waals surface area contributed by atoms with Crippen LogP contribution in [-0.4, -0.2) is 26.3 Å². The molecule has 8 nitrogen and oxygen atoms in total. The van der Waals surface area contributed by atoms with E-state index >= 15 is 0 Å². The second-order valence-corrected chi connectivity index (χ2v) is 11.8. The van der Waals surface area contributed by atoms with E-state index in [9.17, 15) is 22.8 Å². The number of benzene rings is 3. The summed E-state index contributed by atoms with van der Waals surface area (Å²) in [5.74, 6) is -1.72. The highest BCUT2D eigenvalue weighted by Crippen LogP contribution is 2.37. The van der Waals surface area contributed by atoms with Gasteiger partial charge in [-0.15, -0.1) is 0 Å². The summed E-state index contributed by atoms with van der Waals surface area (Å²) in [6.45, 7) is 0. The van der Waals surface area contributed by atoms with Gasteiger partial charge in [-0.1, -0.05) is 27.5 Å². The molecule has 0 saturated carbocycles. The fraction of sp³-hybridized carbons (Fsp3) is 0. The van der Waals surface area contributed by atoms with E-state index in [0.29, 0.717) is 10.6 Å². The van der Waals surface area contributed by atoms with Crippen molar-refractivity contribution < 1.29 is 27.0 Å². The van der Waals surface area contributed by atoms with Crippen LogP contribution in [0, 0.1) is 0 Å². The smallest absolute Gasteiger partial charge is 0.339 e. The fourth-order valence-electron chi connectivity index (χ4n) is 3.15. The topological polar surface area (TPSA) is 110 Å². The molecule has 184 valence electrons. The van der Waals surface area contributed by atoms with Gasteiger partial charge in [0.25, 0.3) is 11.8 Å². The monoisotopic (exact) mass is 716 g/mol. The first-order chi connectivity index (χ1) is 17.0. The van der Waals surface area contributed by atoms with Gasteiger partial charge in [0.05, 0.1) is 14.6 Å². The van der Waals surface area contributed by atoms with Crippen LogP contribution in [0.1, 0.15) is 5.56 Å². The maximum atomic E-state index is 13.1. The number of urea groups is 1. The van der Waals surface area contributed by atoms with Crippen LogP contribution in [0.15, 0.2) is 84.6 Å². The third kappa shape index (κ3) is 5.57. The van der Waals surface area contributed by atoms with Gasteiger partial charge in [0.1, 0.15) is 10.5 Å². The van der Waals surface area contributed by atoms with Crippen molar-refractivity contribution >= 4 is 99.1 Å². The van der Waals surface area contributed by atoms with E-state index < -0.39 is 28.0 Å². The number of barbiturate groups is 1. The lowest BCUT2D eigenvalue weighted by atomic mass is 10.1. The lowest BCUT2D eigenvalue weighted by Gasteiger charge is -2.26. The van der Waals surface area contributed by atoms with Crippen LogP contribution in [0.3, 0.4) is 0 Å². The average Bonchev–Trinajstić information content (AvgIpc) is 2.80. The predicted octanol–water partition coefficient (Wildman–Crippen LogP) is 6.06. The molecule has 3 aromatic rings. The highest BCUT2D eigenvalue weighted by Gasteiger charge is 2.37. The molecule has 1 heterocycles. The van der Waals surface area contributed by atoms with Gasteiger partial charge in [-0.3, -0.25) is 14.9 Å². The van der Waals surface area contributed by atoms with Crippen LogP contribution in [0.25, 0.3) is 6.08 Å². The van der Waals surface area contributed by atoms with Crippen LogP contribution >= 0.6 is 59.4 Å². The second-order valence-electron chi connectivity index (χ2n) is 7.24. The molecule has 0 radical (unpaired) electrons. The number of hydrogen-bond acceptors (Lipinski definition) is 6. The third-order valence-corrected chi connectivity index (χ3v) is 8.01. The summed E-state index contributed by atoms with van der Waals surface area (Å²) in [5, 5.41) is 2.52. The van der Waals surface area contributed by atoms with E-state index in [0.717, 1.165) is 9.37 Å².